The molecule has 1 aliphatic carbocycles. The molecule has 82 valence electrons. The van der Waals surface area contributed by atoms with Gasteiger partial charge in [0.05, 0.1) is 11.3 Å². The molecule has 1 fully saturated rings. The number of hydrogen-bond donors (Lipinski definition) is 0. The third-order valence-corrected chi connectivity index (χ3v) is 2.92. The number of para-hydroxylation sites is 1. The molecular weight excluding hydrogens is 200 g/mol. The molecule has 0 saturated heterocycles. The van der Waals surface area contributed by atoms with Gasteiger partial charge in [0.25, 0.3) is 0 Å². The maximum Gasteiger partial charge on any atom is 0.227 e. The van der Waals surface area contributed by atoms with E-state index in [9.17, 15) is 4.79 Å². The lowest BCUT2D eigenvalue weighted by atomic mass is 10.1. The molecule has 0 spiro atoms. The molecule has 1 aliphatic rings. The van der Waals surface area contributed by atoms with Crippen LogP contribution in [0.25, 0.3) is 0 Å². The molecule has 1 aromatic rings. The minimum atomic E-state index is 0.102. The number of nitriles is 1. The first-order chi connectivity index (χ1) is 7.72. The topological polar surface area (TPSA) is 44.1 Å². The van der Waals surface area contributed by atoms with Crippen molar-refractivity contribution < 1.29 is 4.79 Å². The van der Waals surface area contributed by atoms with Gasteiger partial charge in [0.15, 0.2) is 0 Å². The molecule has 0 atom stereocenters. The van der Waals surface area contributed by atoms with Crippen LogP contribution in [0.15, 0.2) is 24.3 Å². The fourth-order valence-corrected chi connectivity index (χ4v) is 1.70. The third kappa shape index (κ3) is 2.22. The Kier molecular flexibility index (Phi) is 2.91. The highest BCUT2D eigenvalue weighted by Crippen LogP contribution is 2.33. The lowest BCUT2D eigenvalue weighted by Crippen LogP contribution is -2.27. The number of nitrogens with zero attached hydrogens (tertiary/aromatic N) is 2. The number of anilines is 1. The van der Waals surface area contributed by atoms with Gasteiger partial charge in [-0.1, -0.05) is 12.1 Å². The molecule has 0 bridgehead atoms. The van der Waals surface area contributed by atoms with E-state index >= 15 is 0 Å². The molecule has 3 nitrogen and oxygen atoms in total. The molecule has 0 N–H and O–H groups in total. The van der Waals surface area contributed by atoms with Gasteiger partial charge in [-0.2, -0.15) is 5.26 Å². The zero-order chi connectivity index (χ0) is 11.5. The first kappa shape index (κ1) is 10.7. The van der Waals surface area contributed by atoms with Crippen molar-refractivity contribution in [3.63, 3.8) is 0 Å². The molecule has 1 amide bonds. The van der Waals surface area contributed by atoms with Gasteiger partial charge in [-0.15, -0.1) is 0 Å². The molecule has 0 aromatic heterocycles. The fraction of sp³-hybridized carbons (Fsp3) is 0.385. The fourth-order valence-electron chi connectivity index (χ4n) is 1.70. The molecule has 3 heteroatoms. The maximum absolute atomic E-state index is 11.9. The van der Waals surface area contributed by atoms with Crippen molar-refractivity contribution in [2.75, 3.05) is 11.9 Å². The van der Waals surface area contributed by atoms with Crippen LogP contribution in [0.1, 0.15) is 24.8 Å². The second kappa shape index (κ2) is 4.36. The van der Waals surface area contributed by atoms with Crippen molar-refractivity contribution in [2.24, 2.45) is 5.92 Å². The van der Waals surface area contributed by atoms with Crippen molar-refractivity contribution >= 4 is 11.6 Å². The molecule has 0 unspecified atom stereocenters. The van der Waals surface area contributed by atoms with Crippen LogP contribution >= 0.6 is 0 Å². The van der Waals surface area contributed by atoms with E-state index in [-0.39, 0.29) is 5.91 Å². The van der Waals surface area contributed by atoms with Gasteiger partial charge in [0.2, 0.25) is 5.91 Å². The smallest absolute Gasteiger partial charge is 0.227 e. The van der Waals surface area contributed by atoms with Crippen LogP contribution in [0.5, 0.6) is 0 Å². The first-order valence-corrected chi connectivity index (χ1v) is 5.48. The average molecular weight is 214 g/mol. The van der Waals surface area contributed by atoms with Crippen LogP contribution in [0, 0.1) is 17.2 Å². The summed E-state index contributed by atoms with van der Waals surface area (Å²) < 4.78 is 0. The van der Waals surface area contributed by atoms with Gasteiger partial charge in [-0.25, -0.2) is 0 Å². The van der Waals surface area contributed by atoms with Crippen LogP contribution < -0.4 is 4.90 Å². The van der Waals surface area contributed by atoms with E-state index in [1.165, 1.54) is 12.8 Å². The van der Waals surface area contributed by atoms with Gasteiger partial charge in [-0.3, -0.25) is 4.79 Å². The van der Waals surface area contributed by atoms with Crippen LogP contribution in [-0.4, -0.2) is 13.0 Å². The largest absolute Gasteiger partial charge is 0.314 e. The zero-order valence-electron chi connectivity index (χ0n) is 9.31. The Morgan fingerprint density at radius 1 is 1.50 bits per heavy atom. The molecule has 0 radical (unpaired) electrons. The van der Waals surface area contributed by atoms with Gasteiger partial charge in [0, 0.05) is 13.5 Å². The summed E-state index contributed by atoms with van der Waals surface area (Å²) >= 11 is 0. The first-order valence-electron chi connectivity index (χ1n) is 5.48. The van der Waals surface area contributed by atoms with Crippen molar-refractivity contribution in [3.8, 4) is 6.07 Å². The Hall–Kier alpha value is -1.82. The lowest BCUT2D eigenvalue weighted by molar-refractivity contribution is -0.118. The van der Waals surface area contributed by atoms with Crippen molar-refractivity contribution in [1.29, 1.82) is 5.26 Å². The Morgan fingerprint density at radius 3 is 2.81 bits per heavy atom. The zero-order valence-corrected chi connectivity index (χ0v) is 9.31. The van der Waals surface area contributed by atoms with Gasteiger partial charge >= 0.3 is 0 Å². The number of amides is 1. The van der Waals surface area contributed by atoms with E-state index in [0.29, 0.717) is 23.6 Å². The monoisotopic (exact) mass is 214 g/mol. The normalized spacial score (nSPS) is 14.2. The van der Waals surface area contributed by atoms with Crippen molar-refractivity contribution in [3.05, 3.63) is 29.8 Å². The van der Waals surface area contributed by atoms with E-state index < -0.39 is 0 Å². The quantitative estimate of drug-likeness (QED) is 0.775. The second-order valence-electron chi connectivity index (χ2n) is 4.23. The van der Waals surface area contributed by atoms with Crippen LogP contribution in [0.2, 0.25) is 0 Å². The standard InChI is InChI=1S/C13H14N2O/c1-15(13(16)8-10-6-7-10)12-5-3-2-4-11(12)9-14/h2-5,10H,6-8H2,1H3. The number of hydrogen-bond acceptors (Lipinski definition) is 2. The highest BCUT2D eigenvalue weighted by atomic mass is 16.2. The molecule has 0 heterocycles. The molecule has 16 heavy (non-hydrogen) atoms. The molecule has 2 rings (SSSR count). The summed E-state index contributed by atoms with van der Waals surface area (Å²) in [5, 5.41) is 8.96. The van der Waals surface area contributed by atoms with E-state index in [1.807, 2.05) is 12.1 Å². The summed E-state index contributed by atoms with van der Waals surface area (Å²) in [5.74, 6) is 0.675. The summed E-state index contributed by atoms with van der Waals surface area (Å²) in [6.07, 6.45) is 2.94. The Bertz CT molecular complexity index is 443. The summed E-state index contributed by atoms with van der Waals surface area (Å²) in [7, 11) is 1.74. The predicted molar refractivity (Wildman–Crippen MR) is 61.9 cm³/mol. The van der Waals surface area contributed by atoms with E-state index in [2.05, 4.69) is 6.07 Å². The highest BCUT2D eigenvalue weighted by molar-refractivity contribution is 5.94. The minimum Gasteiger partial charge on any atom is -0.314 e. The molecule has 1 saturated carbocycles. The van der Waals surface area contributed by atoms with Crippen molar-refractivity contribution in [2.45, 2.75) is 19.3 Å². The Morgan fingerprint density at radius 2 is 2.19 bits per heavy atom. The van der Waals surface area contributed by atoms with Crippen molar-refractivity contribution in [1.82, 2.24) is 0 Å². The molecular formula is C13H14N2O. The van der Waals surface area contributed by atoms with Crippen LogP contribution in [0.4, 0.5) is 5.69 Å². The van der Waals surface area contributed by atoms with Gasteiger partial charge < -0.3 is 4.90 Å². The van der Waals surface area contributed by atoms with Gasteiger partial charge in [0.1, 0.15) is 6.07 Å². The Balaban J connectivity index is 2.15. The van der Waals surface area contributed by atoms with Crippen LogP contribution in [-0.2, 0) is 4.79 Å². The predicted octanol–water partition coefficient (Wildman–Crippen LogP) is 2.32. The number of benzene rings is 1. The summed E-state index contributed by atoms with van der Waals surface area (Å²) in [5.41, 5.74) is 1.25. The number of rotatable bonds is 3. The number of carbonyl (C=O) groups excluding carboxylic acids is 1. The second-order valence-corrected chi connectivity index (χ2v) is 4.23. The van der Waals surface area contributed by atoms with Gasteiger partial charge in [-0.05, 0) is 30.9 Å². The maximum atomic E-state index is 11.9. The van der Waals surface area contributed by atoms with E-state index in [1.54, 1.807) is 24.1 Å². The molecule has 1 aromatic carbocycles. The lowest BCUT2D eigenvalue weighted by Gasteiger charge is -2.18. The van der Waals surface area contributed by atoms with Crippen LogP contribution in [0.3, 0.4) is 0 Å². The minimum absolute atomic E-state index is 0.102. The third-order valence-electron chi connectivity index (χ3n) is 2.92. The highest BCUT2D eigenvalue weighted by Gasteiger charge is 2.26. The summed E-state index contributed by atoms with van der Waals surface area (Å²) in [4.78, 5) is 13.5. The SMILES string of the molecule is CN(C(=O)CC1CC1)c1ccccc1C#N. The summed E-state index contributed by atoms with van der Waals surface area (Å²) in [6.45, 7) is 0. The van der Waals surface area contributed by atoms with E-state index in [4.69, 9.17) is 5.26 Å². The Labute approximate surface area is 95.3 Å². The molecule has 0 aliphatic heterocycles. The average Bonchev–Trinajstić information content (AvgIpc) is 3.11. The number of carbonyl (C=O) groups is 1. The van der Waals surface area contributed by atoms with E-state index in [0.717, 1.165) is 0 Å². The summed E-state index contributed by atoms with van der Waals surface area (Å²) in [6, 6.07) is 9.30.